The van der Waals surface area contributed by atoms with E-state index in [0.717, 1.165) is 5.52 Å². The van der Waals surface area contributed by atoms with Crippen molar-refractivity contribution in [2.45, 2.75) is 0 Å². The zero-order valence-corrected chi connectivity index (χ0v) is 13.5. The summed E-state index contributed by atoms with van der Waals surface area (Å²) < 4.78 is 0. The number of nitro benzene ring substituents is 1. The summed E-state index contributed by atoms with van der Waals surface area (Å²) in [6.07, 6.45) is 1.43. The molecule has 0 aliphatic carbocycles. The van der Waals surface area contributed by atoms with Crippen molar-refractivity contribution in [3.63, 3.8) is 0 Å². The summed E-state index contributed by atoms with van der Waals surface area (Å²) in [7, 11) is 0. The Morgan fingerprint density at radius 2 is 2.04 bits per heavy atom. The molecule has 0 saturated heterocycles. The van der Waals surface area contributed by atoms with Crippen LogP contribution < -0.4 is 0 Å². The molecule has 0 atom stereocenters. The molecule has 24 heavy (non-hydrogen) atoms. The standard InChI is InChI=1S/C16H8Cl2N4O2/c17-11-7-12(18)15(22(23)24)6-9(11)5-10(8-19)16-20-13-3-1-2-4-14(13)21-16/h1-7H,(H,20,21)/b10-5+. The van der Waals surface area contributed by atoms with Gasteiger partial charge in [0.2, 0.25) is 0 Å². The maximum Gasteiger partial charge on any atom is 0.288 e. The van der Waals surface area contributed by atoms with E-state index in [2.05, 4.69) is 9.97 Å². The highest BCUT2D eigenvalue weighted by molar-refractivity contribution is 6.37. The van der Waals surface area contributed by atoms with Crippen LogP contribution in [-0.4, -0.2) is 14.9 Å². The van der Waals surface area contributed by atoms with Crippen molar-refractivity contribution < 1.29 is 4.92 Å². The van der Waals surface area contributed by atoms with Gasteiger partial charge in [0.15, 0.2) is 0 Å². The summed E-state index contributed by atoms with van der Waals surface area (Å²) in [5, 5.41) is 20.5. The van der Waals surface area contributed by atoms with Gasteiger partial charge in [0, 0.05) is 16.7 Å². The first-order chi connectivity index (χ1) is 11.5. The van der Waals surface area contributed by atoms with Crippen LogP contribution in [0.4, 0.5) is 5.69 Å². The van der Waals surface area contributed by atoms with Crippen molar-refractivity contribution in [1.29, 1.82) is 5.26 Å². The van der Waals surface area contributed by atoms with E-state index < -0.39 is 4.92 Å². The Kier molecular flexibility index (Phi) is 4.21. The maximum atomic E-state index is 11.0. The summed E-state index contributed by atoms with van der Waals surface area (Å²) in [5.41, 5.74) is 1.72. The summed E-state index contributed by atoms with van der Waals surface area (Å²) in [4.78, 5) is 17.8. The van der Waals surface area contributed by atoms with Crippen LogP contribution in [0.3, 0.4) is 0 Å². The second-order valence-corrected chi connectivity index (χ2v) is 5.67. The van der Waals surface area contributed by atoms with Crippen LogP contribution in [0.1, 0.15) is 11.4 Å². The van der Waals surface area contributed by atoms with Gasteiger partial charge in [0.1, 0.15) is 16.9 Å². The van der Waals surface area contributed by atoms with Gasteiger partial charge in [0.05, 0.1) is 21.5 Å². The number of nitriles is 1. The third-order valence-electron chi connectivity index (χ3n) is 3.33. The van der Waals surface area contributed by atoms with Crippen LogP contribution in [0.2, 0.25) is 10.0 Å². The fraction of sp³-hybridized carbons (Fsp3) is 0. The fourth-order valence-electron chi connectivity index (χ4n) is 2.19. The van der Waals surface area contributed by atoms with E-state index in [1.54, 1.807) is 0 Å². The molecule has 2 aromatic carbocycles. The summed E-state index contributed by atoms with van der Waals surface area (Å²) in [5.74, 6) is 0.354. The molecule has 6 nitrogen and oxygen atoms in total. The summed E-state index contributed by atoms with van der Waals surface area (Å²) in [6, 6.07) is 11.9. The van der Waals surface area contributed by atoms with Gasteiger partial charge in [-0.25, -0.2) is 4.98 Å². The van der Waals surface area contributed by atoms with E-state index >= 15 is 0 Å². The Balaban J connectivity index is 2.13. The van der Waals surface area contributed by atoms with Crippen molar-refractivity contribution in [3.8, 4) is 6.07 Å². The number of nitrogens with one attached hydrogen (secondary N) is 1. The van der Waals surface area contributed by atoms with Crippen LogP contribution in [0.25, 0.3) is 22.7 Å². The number of hydrogen-bond acceptors (Lipinski definition) is 4. The largest absolute Gasteiger partial charge is 0.337 e. The monoisotopic (exact) mass is 358 g/mol. The number of fused-ring (bicyclic) bond motifs is 1. The highest BCUT2D eigenvalue weighted by Gasteiger charge is 2.16. The average Bonchev–Trinajstić information content (AvgIpc) is 2.97. The van der Waals surface area contributed by atoms with Gasteiger partial charge in [-0.3, -0.25) is 10.1 Å². The molecule has 0 radical (unpaired) electrons. The van der Waals surface area contributed by atoms with E-state index in [4.69, 9.17) is 23.2 Å². The number of hydrogen-bond donors (Lipinski definition) is 1. The van der Waals surface area contributed by atoms with Crippen LogP contribution in [0, 0.1) is 21.4 Å². The molecule has 0 unspecified atom stereocenters. The molecule has 3 aromatic rings. The zero-order chi connectivity index (χ0) is 17.3. The van der Waals surface area contributed by atoms with Crippen molar-refractivity contribution in [2.75, 3.05) is 0 Å². The minimum atomic E-state index is -0.608. The SMILES string of the molecule is N#C/C(=C\c1cc([N+](=O)[O-])c(Cl)cc1Cl)c1nc2ccccc2[nH]1. The van der Waals surface area contributed by atoms with Gasteiger partial charge in [-0.1, -0.05) is 35.3 Å². The molecule has 1 aromatic heterocycles. The number of halogens is 2. The lowest BCUT2D eigenvalue weighted by Gasteiger charge is -2.02. The fourth-order valence-corrected chi connectivity index (χ4v) is 2.70. The first-order valence-corrected chi connectivity index (χ1v) is 7.45. The van der Waals surface area contributed by atoms with Crippen molar-refractivity contribution >= 4 is 51.6 Å². The number of H-pyrrole nitrogens is 1. The Morgan fingerprint density at radius 3 is 2.71 bits per heavy atom. The second-order valence-electron chi connectivity index (χ2n) is 4.85. The Labute approximate surface area is 146 Å². The number of benzene rings is 2. The smallest absolute Gasteiger partial charge is 0.288 e. The molecular weight excluding hydrogens is 351 g/mol. The zero-order valence-electron chi connectivity index (χ0n) is 12.0. The lowest BCUT2D eigenvalue weighted by atomic mass is 10.1. The quantitative estimate of drug-likeness (QED) is 0.411. The molecule has 0 spiro atoms. The van der Waals surface area contributed by atoms with E-state index in [9.17, 15) is 15.4 Å². The number of aromatic nitrogens is 2. The van der Waals surface area contributed by atoms with Crippen molar-refractivity contribution in [1.82, 2.24) is 9.97 Å². The van der Waals surface area contributed by atoms with Gasteiger partial charge >= 0.3 is 0 Å². The Morgan fingerprint density at radius 1 is 1.29 bits per heavy atom. The van der Waals surface area contributed by atoms with Crippen molar-refractivity contribution in [2.24, 2.45) is 0 Å². The molecule has 3 rings (SSSR count). The minimum Gasteiger partial charge on any atom is -0.337 e. The number of imidazole rings is 1. The van der Waals surface area contributed by atoms with Crippen LogP contribution in [0.5, 0.6) is 0 Å². The first-order valence-electron chi connectivity index (χ1n) is 6.70. The van der Waals surface area contributed by atoms with E-state index in [1.165, 1.54) is 18.2 Å². The number of aromatic amines is 1. The Hall–Kier alpha value is -2.88. The van der Waals surface area contributed by atoms with E-state index in [1.807, 2.05) is 30.3 Å². The highest BCUT2D eigenvalue weighted by atomic mass is 35.5. The number of allylic oxidation sites excluding steroid dienone is 1. The number of para-hydroxylation sites is 2. The molecule has 0 bridgehead atoms. The molecule has 0 fully saturated rings. The highest BCUT2D eigenvalue weighted by Crippen LogP contribution is 2.32. The topological polar surface area (TPSA) is 95.6 Å². The predicted octanol–water partition coefficient (Wildman–Crippen LogP) is 4.84. The van der Waals surface area contributed by atoms with Gasteiger partial charge < -0.3 is 4.98 Å². The molecule has 118 valence electrons. The Bertz CT molecular complexity index is 1000. The molecule has 0 amide bonds. The average molecular weight is 359 g/mol. The minimum absolute atomic E-state index is 0.0654. The van der Waals surface area contributed by atoms with Crippen LogP contribution in [-0.2, 0) is 0 Å². The first kappa shape index (κ1) is 16.0. The van der Waals surface area contributed by atoms with Gasteiger partial charge in [-0.05, 0) is 24.3 Å². The molecule has 1 N–H and O–H groups in total. The molecule has 0 saturated carbocycles. The number of nitro groups is 1. The summed E-state index contributed by atoms with van der Waals surface area (Å²) >= 11 is 11.9. The lowest BCUT2D eigenvalue weighted by Crippen LogP contribution is -1.91. The van der Waals surface area contributed by atoms with Crippen LogP contribution in [0.15, 0.2) is 36.4 Å². The van der Waals surface area contributed by atoms with Gasteiger partial charge in [-0.2, -0.15) is 5.26 Å². The number of nitrogens with zero attached hydrogens (tertiary/aromatic N) is 3. The van der Waals surface area contributed by atoms with E-state index in [-0.39, 0.29) is 21.3 Å². The molecule has 0 aliphatic heterocycles. The van der Waals surface area contributed by atoms with Crippen LogP contribution >= 0.6 is 23.2 Å². The normalized spacial score (nSPS) is 11.5. The second kappa shape index (κ2) is 6.32. The van der Waals surface area contributed by atoms with E-state index in [0.29, 0.717) is 16.9 Å². The molecular formula is C16H8Cl2N4O2. The van der Waals surface area contributed by atoms with Crippen molar-refractivity contribution in [3.05, 3.63) is 67.9 Å². The third kappa shape index (κ3) is 2.95. The predicted molar refractivity (Wildman–Crippen MR) is 92.7 cm³/mol. The lowest BCUT2D eigenvalue weighted by molar-refractivity contribution is -0.384. The van der Waals surface area contributed by atoms with Gasteiger partial charge in [-0.15, -0.1) is 0 Å². The molecule has 1 heterocycles. The third-order valence-corrected chi connectivity index (χ3v) is 3.96. The summed E-state index contributed by atoms with van der Waals surface area (Å²) in [6.45, 7) is 0. The number of rotatable bonds is 3. The van der Waals surface area contributed by atoms with Gasteiger partial charge in [0.25, 0.3) is 5.69 Å². The molecule has 8 heteroatoms. The molecule has 0 aliphatic rings. The maximum absolute atomic E-state index is 11.0.